The van der Waals surface area contributed by atoms with Crippen LogP contribution in [0.3, 0.4) is 0 Å². The number of hydrogen-bond acceptors (Lipinski definition) is 1. The molecule has 0 N–H and O–H groups in total. The molecule has 138 valence electrons. The van der Waals surface area contributed by atoms with Gasteiger partial charge in [-0.05, 0) is 30.2 Å². The molecule has 0 saturated heterocycles. The van der Waals surface area contributed by atoms with Crippen molar-refractivity contribution in [2.45, 2.75) is 57.8 Å². The molecule has 6 atom stereocenters. The van der Waals surface area contributed by atoms with E-state index >= 15 is 0 Å². The van der Waals surface area contributed by atoms with Gasteiger partial charge < -0.3 is 32.2 Å². The van der Waals surface area contributed by atoms with E-state index in [1.807, 2.05) is 0 Å². The number of fused-ring (bicyclic) bond motifs is 3. The second-order valence-corrected chi connectivity index (χ2v) is 12.5. The Hall–Kier alpha value is 0.431. The van der Waals surface area contributed by atoms with Crippen molar-refractivity contribution >= 4 is 8.24 Å². The van der Waals surface area contributed by atoms with E-state index in [-0.39, 0.29) is 44.0 Å². The second kappa shape index (κ2) is 9.39. The van der Waals surface area contributed by atoms with Crippen LogP contribution >= 0.6 is 0 Å². The van der Waals surface area contributed by atoms with Crippen molar-refractivity contribution in [2.24, 2.45) is 23.7 Å². The van der Waals surface area contributed by atoms with Crippen LogP contribution in [-0.4, -0.2) is 33.3 Å². The molecule has 0 aromatic heterocycles. The third kappa shape index (κ3) is 3.89. The Balaban J connectivity index is 0. The number of hydrogen-bond donors (Lipinski definition) is 0. The van der Waals surface area contributed by atoms with E-state index in [2.05, 4.69) is 52.0 Å². The maximum absolute atomic E-state index is 4.93. The molecule has 0 aromatic rings. The van der Waals surface area contributed by atoms with Crippen molar-refractivity contribution in [3.8, 4) is 0 Å². The normalized spacial score (nSPS) is 36.9. The summed E-state index contributed by atoms with van der Waals surface area (Å²) in [5.74, 6) is 3.57. The van der Waals surface area contributed by atoms with E-state index in [4.69, 9.17) is 4.98 Å². The first-order chi connectivity index (χ1) is 9.38. The zero-order chi connectivity index (χ0) is 14.7. The molecule has 4 heteroatoms. The van der Waals surface area contributed by atoms with Crippen molar-refractivity contribution in [3.63, 3.8) is 0 Å². The Bertz CT molecular complexity index is 424. The molecule has 3 rings (SSSR count). The Labute approximate surface area is 169 Å². The third-order valence-corrected chi connectivity index (χ3v) is 10.4. The molecule has 6 unspecified atom stereocenters. The van der Waals surface area contributed by atoms with Gasteiger partial charge in [0.15, 0.2) is 0 Å². The Morgan fingerprint density at radius 1 is 1.17 bits per heavy atom. The molecule has 1 aliphatic heterocycles. The van der Waals surface area contributed by atoms with Crippen LogP contribution in [0.15, 0.2) is 11.8 Å². The summed E-state index contributed by atoms with van der Waals surface area (Å²) in [5, 5.41) is 0. The van der Waals surface area contributed by atoms with E-state index in [1.54, 1.807) is 0 Å². The molecule has 24 heavy (non-hydrogen) atoms. The summed E-state index contributed by atoms with van der Waals surface area (Å²) in [6, 6.07) is 0.746. The molecule has 2 saturated carbocycles. The minimum Gasteiger partial charge on any atom is -0.667 e. The van der Waals surface area contributed by atoms with Gasteiger partial charge in [0.1, 0.15) is 0 Å². The van der Waals surface area contributed by atoms with Crippen molar-refractivity contribution in [1.29, 1.82) is 0 Å². The van der Waals surface area contributed by atoms with Crippen molar-refractivity contribution in [3.05, 3.63) is 39.0 Å². The largest absolute Gasteiger partial charge is 4.00 e. The fourth-order valence-corrected chi connectivity index (χ4v) is 8.73. The monoisotopic (exact) mass is 384 g/mol. The van der Waals surface area contributed by atoms with Gasteiger partial charge in [-0.15, -0.1) is 0 Å². The molecule has 3 aliphatic rings. The summed E-state index contributed by atoms with van der Waals surface area (Å²) in [5.41, 5.74) is 2.35. The van der Waals surface area contributed by atoms with E-state index in [0.717, 1.165) is 35.3 Å². The van der Waals surface area contributed by atoms with Gasteiger partial charge in [0, 0.05) is 24.7 Å². The van der Waals surface area contributed by atoms with Gasteiger partial charge in [-0.2, -0.15) is 7.05 Å². The first kappa shape index (κ1) is 26.7. The summed E-state index contributed by atoms with van der Waals surface area (Å²) in [7, 11) is 2.92. The molecule has 0 radical (unpaired) electrons. The maximum atomic E-state index is 4.93. The van der Waals surface area contributed by atoms with Crippen molar-refractivity contribution in [2.75, 3.05) is 14.1 Å². The summed E-state index contributed by atoms with van der Waals surface area (Å²) >= 11 is 0. The molecule has 2 fully saturated rings. The fraction of sp³-hybridized carbons (Fsp3) is 0.750. The molecule has 1 heterocycles. The zero-order valence-corrected chi connectivity index (χ0v) is 20.1. The SMILES string of the molecule is C[N-][Si](C)(C)C1C2CCCC(C)C2C2C=C(C)N(C)C21.[CH3-].[CH3-].[CH3-].[Ti+4]. The van der Waals surface area contributed by atoms with Crippen molar-refractivity contribution in [1.82, 2.24) is 4.90 Å². The fourth-order valence-electron chi connectivity index (χ4n) is 5.72. The second-order valence-electron chi connectivity index (χ2n) is 8.04. The van der Waals surface area contributed by atoms with Gasteiger partial charge >= 0.3 is 21.7 Å². The first-order valence-electron chi connectivity index (χ1n) is 8.40. The average Bonchev–Trinajstić information content (AvgIpc) is 2.87. The molecule has 0 spiro atoms. The van der Waals surface area contributed by atoms with E-state index in [9.17, 15) is 0 Å². The Kier molecular flexibility index (Phi) is 10.4. The molecule has 2 aliphatic carbocycles. The molecule has 0 aromatic carbocycles. The van der Waals surface area contributed by atoms with E-state index in [1.165, 1.54) is 25.0 Å². The quantitative estimate of drug-likeness (QED) is 0.433. The average molecular weight is 385 g/mol. The van der Waals surface area contributed by atoms with E-state index < -0.39 is 8.24 Å². The van der Waals surface area contributed by atoms with Crippen LogP contribution in [0, 0.1) is 46.0 Å². The zero-order valence-electron chi connectivity index (χ0n) is 17.6. The Morgan fingerprint density at radius 2 is 1.75 bits per heavy atom. The number of nitrogens with zero attached hydrogens (tertiary/aromatic N) is 2. The molecule has 0 amide bonds. The van der Waals surface area contributed by atoms with Gasteiger partial charge in [0.05, 0.1) is 0 Å². The standard InChI is InChI=1S/C17H31N2Si.3CH3.Ti/c1-11-8-7-9-13-15(11)14-10-12(2)19(4)16(14)17(13)20(5,6)18-3;;;;/h10-11,13-17H,7-9H2,1-6H3;3*1H3;/q4*-1;+4. The molecular weight excluding hydrogens is 344 g/mol. The Morgan fingerprint density at radius 3 is 2.29 bits per heavy atom. The molecular formula is C20H40N2SiTi. The van der Waals surface area contributed by atoms with Gasteiger partial charge in [-0.1, -0.05) is 53.6 Å². The topological polar surface area (TPSA) is 17.3 Å². The first-order valence-corrected chi connectivity index (χ1v) is 11.4. The van der Waals surface area contributed by atoms with Crippen LogP contribution in [0.2, 0.25) is 18.6 Å². The summed E-state index contributed by atoms with van der Waals surface area (Å²) in [4.78, 5) is 7.52. The maximum Gasteiger partial charge on any atom is 4.00 e. The van der Waals surface area contributed by atoms with Gasteiger partial charge in [-0.3, -0.25) is 0 Å². The molecule has 2 nitrogen and oxygen atoms in total. The van der Waals surface area contributed by atoms with Crippen LogP contribution in [-0.2, 0) is 21.7 Å². The number of rotatable bonds is 2. The van der Waals surface area contributed by atoms with Crippen LogP contribution in [0.4, 0.5) is 0 Å². The summed E-state index contributed by atoms with van der Waals surface area (Å²) in [6.07, 6.45) is 6.95. The van der Waals surface area contributed by atoms with Crippen LogP contribution in [0.5, 0.6) is 0 Å². The summed E-state index contributed by atoms with van der Waals surface area (Å²) in [6.45, 7) is 9.81. The minimum atomic E-state index is -1.49. The van der Waals surface area contributed by atoms with Crippen LogP contribution < -0.4 is 0 Å². The van der Waals surface area contributed by atoms with Gasteiger partial charge in [0.2, 0.25) is 0 Å². The van der Waals surface area contributed by atoms with E-state index in [0.29, 0.717) is 0 Å². The predicted octanol–water partition coefficient (Wildman–Crippen LogP) is 5.81. The van der Waals surface area contributed by atoms with Gasteiger partial charge in [0.25, 0.3) is 0 Å². The van der Waals surface area contributed by atoms with Crippen LogP contribution in [0.25, 0.3) is 4.98 Å². The molecule has 0 bridgehead atoms. The van der Waals surface area contributed by atoms with Crippen molar-refractivity contribution < 1.29 is 21.7 Å². The predicted molar refractivity (Wildman–Crippen MR) is 109 cm³/mol. The van der Waals surface area contributed by atoms with Crippen LogP contribution in [0.1, 0.15) is 33.1 Å². The minimum absolute atomic E-state index is 0. The third-order valence-electron chi connectivity index (χ3n) is 6.85. The number of allylic oxidation sites excluding steroid dienone is 1. The summed E-state index contributed by atoms with van der Waals surface area (Å²) < 4.78 is 0. The smallest absolute Gasteiger partial charge is 0.667 e. The van der Waals surface area contributed by atoms with Gasteiger partial charge in [-0.25, -0.2) is 0 Å².